The second-order valence-electron chi connectivity index (χ2n) is 4.97. The van der Waals surface area contributed by atoms with Gasteiger partial charge in [0.15, 0.2) is 5.60 Å². The van der Waals surface area contributed by atoms with Gasteiger partial charge in [0.2, 0.25) is 0 Å². The van der Waals surface area contributed by atoms with Crippen molar-refractivity contribution in [3.8, 4) is 0 Å². The summed E-state index contributed by atoms with van der Waals surface area (Å²) in [5.74, 6) is -0.717. The number of carbonyl (C=O) groups excluding carboxylic acids is 2. The fourth-order valence-corrected chi connectivity index (χ4v) is 2.78. The predicted octanol–water partition coefficient (Wildman–Crippen LogP) is 0.207. The lowest BCUT2D eigenvalue weighted by molar-refractivity contribution is -0.150. The molecule has 2 amide bonds. The Morgan fingerprint density at radius 1 is 1.55 bits per heavy atom. The molecule has 0 aliphatic carbocycles. The van der Waals surface area contributed by atoms with Gasteiger partial charge in [0.05, 0.1) is 18.8 Å². The van der Waals surface area contributed by atoms with Crippen LogP contribution in [0.5, 0.6) is 0 Å². The Hall–Kier alpha value is -1.54. The van der Waals surface area contributed by atoms with Gasteiger partial charge in [0.1, 0.15) is 4.88 Å². The van der Waals surface area contributed by atoms with Crippen molar-refractivity contribution < 1.29 is 14.3 Å². The van der Waals surface area contributed by atoms with Gasteiger partial charge in [0.25, 0.3) is 11.8 Å². The molecule has 1 saturated heterocycles. The highest BCUT2D eigenvalue weighted by Gasteiger charge is 2.40. The minimum Gasteiger partial charge on any atom is -0.367 e. The number of primary amides is 1. The SMILES string of the molecule is CCCc1nnsc1C(=O)N1CCO[C@](C)(C(N)=O)C1. The first kappa shape index (κ1) is 14.9. The lowest BCUT2D eigenvalue weighted by Gasteiger charge is -2.38. The van der Waals surface area contributed by atoms with E-state index in [0.29, 0.717) is 18.0 Å². The van der Waals surface area contributed by atoms with Crippen molar-refractivity contribution >= 4 is 23.3 Å². The minimum absolute atomic E-state index is 0.153. The molecule has 0 aromatic carbocycles. The standard InChI is InChI=1S/C12H18N4O3S/c1-3-4-8-9(20-15-14-8)10(17)16-5-6-19-12(2,7-16)11(13)18/h3-7H2,1-2H3,(H2,13,18)/t12-/m0/s1. The molecule has 1 aromatic rings. The maximum atomic E-state index is 12.5. The minimum atomic E-state index is -1.13. The summed E-state index contributed by atoms with van der Waals surface area (Å²) in [5, 5.41) is 3.99. The summed E-state index contributed by atoms with van der Waals surface area (Å²) in [7, 11) is 0. The maximum absolute atomic E-state index is 12.5. The summed E-state index contributed by atoms with van der Waals surface area (Å²) in [5.41, 5.74) is 4.93. The first-order valence-electron chi connectivity index (χ1n) is 6.52. The number of amides is 2. The van der Waals surface area contributed by atoms with Crippen LogP contribution in [0.15, 0.2) is 0 Å². The monoisotopic (exact) mass is 298 g/mol. The molecule has 8 heteroatoms. The zero-order chi connectivity index (χ0) is 14.8. The average molecular weight is 298 g/mol. The molecule has 20 heavy (non-hydrogen) atoms. The molecule has 0 unspecified atom stereocenters. The normalized spacial score (nSPS) is 22.8. The highest BCUT2D eigenvalue weighted by Crippen LogP contribution is 2.21. The van der Waals surface area contributed by atoms with Crippen LogP contribution < -0.4 is 5.73 Å². The van der Waals surface area contributed by atoms with Gasteiger partial charge in [-0.2, -0.15) is 0 Å². The van der Waals surface area contributed by atoms with Crippen molar-refractivity contribution in [2.75, 3.05) is 19.7 Å². The van der Waals surface area contributed by atoms with Crippen molar-refractivity contribution in [3.05, 3.63) is 10.6 Å². The van der Waals surface area contributed by atoms with Gasteiger partial charge >= 0.3 is 0 Å². The Labute approximate surface area is 121 Å². The number of nitrogens with zero attached hydrogens (tertiary/aromatic N) is 3. The number of aryl methyl sites for hydroxylation is 1. The van der Waals surface area contributed by atoms with E-state index in [-0.39, 0.29) is 12.5 Å². The number of morpholine rings is 1. The first-order chi connectivity index (χ1) is 9.48. The summed E-state index contributed by atoms with van der Waals surface area (Å²) in [6.45, 7) is 4.51. The molecule has 7 nitrogen and oxygen atoms in total. The Morgan fingerprint density at radius 3 is 2.95 bits per heavy atom. The van der Waals surface area contributed by atoms with Crippen LogP contribution in [0.3, 0.4) is 0 Å². The topological polar surface area (TPSA) is 98.4 Å². The molecule has 1 aliphatic heterocycles. The van der Waals surface area contributed by atoms with Crippen molar-refractivity contribution in [3.63, 3.8) is 0 Å². The van der Waals surface area contributed by atoms with E-state index in [1.54, 1.807) is 11.8 Å². The molecular weight excluding hydrogens is 280 g/mol. The largest absolute Gasteiger partial charge is 0.367 e. The van der Waals surface area contributed by atoms with E-state index in [9.17, 15) is 9.59 Å². The smallest absolute Gasteiger partial charge is 0.267 e. The van der Waals surface area contributed by atoms with Crippen LogP contribution in [0.25, 0.3) is 0 Å². The Balaban J connectivity index is 2.16. The first-order valence-corrected chi connectivity index (χ1v) is 7.29. The van der Waals surface area contributed by atoms with Crippen molar-refractivity contribution in [1.82, 2.24) is 14.5 Å². The average Bonchev–Trinajstić information content (AvgIpc) is 2.86. The van der Waals surface area contributed by atoms with E-state index in [1.807, 2.05) is 6.92 Å². The Kier molecular flexibility index (Phi) is 4.34. The number of aromatic nitrogens is 2. The van der Waals surface area contributed by atoms with E-state index >= 15 is 0 Å². The van der Waals surface area contributed by atoms with Gasteiger partial charge in [-0.3, -0.25) is 9.59 Å². The quantitative estimate of drug-likeness (QED) is 0.856. The van der Waals surface area contributed by atoms with Gasteiger partial charge < -0.3 is 15.4 Å². The van der Waals surface area contributed by atoms with Crippen LogP contribution in [0.4, 0.5) is 0 Å². The maximum Gasteiger partial charge on any atom is 0.267 e. The highest BCUT2D eigenvalue weighted by molar-refractivity contribution is 7.08. The molecular formula is C12H18N4O3S. The molecule has 1 atom stereocenters. The van der Waals surface area contributed by atoms with Crippen molar-refractivity contribution in [2.24, 2.45) is 5.73 Å². The zero-order valence-corrected chi connectivity index (χ0v) is 12.4. The molecule has 0 spiro atoms. The van der Waals surface area contributed by atoms with Crippen LogP contribution in [0.2, 0.25) is 0 Å². The molecule has 0 radical (unpaired) electrons. The van der Waals surface area contributed by atoms with Gasteiger partial charge in [-0.1, -0.05) is 17.8 Å². The van der Waals surface area contributed by atoms with Gasteiger partial charge in [-0.15, -0.1) is 5.10 Å². The van der Waals surface area contributed by atoms with Crippen molar-refractivity contribution in [2.45, 2.75) is 32.3 Å². The molecule has 1 aromatic heterocycles. The number of hydrogen-bond donors (Lipinski definition) is 1. The van der Waals surface area contributed by atoms with E-state index in [4.69, 9.17) is 10.5 Å². The summed E-state index contributed by atoms with van der Waals surface area (Å²) in [6, 6.07) is 0. The van der Waals surface area contributed by atoms with E-state index in [2.05, 4.69) is 9.59 Å². The lowest BCUT2D eigenvalue weighted by Crippen LogP contribution is -2.58. The van der Waals surface area contributed by atoms with Crippen LogP contribution in [-0.2, 0) is 16.0 Å². The van der Waals surface area contributed by atoms with Crippen LogP contribution in [0.1, 0.15) is 35.6 Å². The van der Waals surface area contributed by atoms with Gasteiger partial charge in [0, 0.05) is 6.54 Å². The molecule has 0 bridgehead atoms. The Morgan fingerprint density at radius 2 is 2.30 bits per heavy atom. The van der Waals surface area contributed by atoms with Gasteiger partial charge in [-0.25, -0.2) is 0 Å². The molecule has 1 fully saturated rings. The summed E-state index contributed by atoms with van der Waals surface area (Å²) < 4.78 is 9.26. The third kappa shape index (κ3) is 2.80. The number of rotatable bonds is 4. The number of nitrogens with two attached hydrogens (primary N) is 1. The number of carbonyl (C=O) groups is 2. The predicted molar refractivity (Wildman–Crippen MR) is 73.4 cm³/mol. The molecule has 2 heterocycles. The van der Waals surface area contributed by atoms with E-state index in [1.165, 1.54) is 0 Å². The lowest BCUT2D eigenvalue weighted by atomic mass is 10.0. The fraction of sp³-hybridized carbons (Fsp3) is 0.667. The molecule has 2 N–H and O–H groups in total. The highest BCUT2D eigenvalue weighted by atomic mass is 32.1. The number of ether oxygens (including phenoxy) is 1. The van der Waals surface area contributed by atoms with Gasteiger partial charge in [-0.05, 0) is 24.9 Å². The molecule has 2 rings (SSSR count). The third-order valence-corrected chi connectivity index (χ3v) is 4.08. The van der Waals surface area contributed by atoms with E-state index in [0.717, 1.165) is 30.1 Å². The molecule has 0 saturated carbocycles. The summed E-state index contributed by atoms with van der Waals surface area (Å²) >= 11 is 1.09. The van der Waals surface area contributed by atoms with Crippen LogP contribution in [0, 0.1) is 0 Å². The fourth-order valence-electron chi connectivity index (χ4n) is 2.11. The Bertz CT molecular complexity index is 519. The summed E-state index contributed by atoms with van der Waals surface area (Å²) in [4.78, 5) is 26.1. The second-order valence-corrected chi connectivity index (χ2v) is 5.72. The van der Waals surface area contributed by atoms with Crippen LogP contribution >= 0.6 is 11.5 Å². The van der Waals surface area contributed by atoms with Crippen molar-refractivity contribution in [1.29, 1.82) is 0 Å². The zero-order valence-electron chi connectivity index (χ0n) is 11.6. The third-order valence-electron chi connectivity index (χ3n) is 3.32. The summed E-state index contributed by atoms with van der Waals surface area (Å²) in [6.07, 6.45) is 1.61. The molecule has 110 valence electrons. The number of hydrogen-bond acceptors (Lipinski definition) is 6. The van der Waals surface area contributed by atoms with E-state index < -0.39 is 11.5 Å². The van der Waals surface area contributed by atoms with Crippen LogP contribution in [-0.4, -0.2) is 51.6 Å². The molecule has 1 aliphatic rings. The second kappa shape index (κ2) is 5.84.